The largest absolute Gasteiger partial charge is 0.311 e. The van der Waals surface area contributed by atoms with Gasteiger partial charge in [0.05, 0.1) is 6.07 Å². The van der Waals surface area contributed by atoms with E-state index in [0.717, 1.165) is 26.2 Å². The number of hydrogen-bond donors (Lipinski definition) is 1. The fourth-order valence-electron chi connectivity index (χ4n) is 1.61. The fourth-order valence-corrected chi connectivity index (χ4v) is 1.61. The molecule has 0 unspecified atom stereocenters. The van der Waals surface area contributed by atoms with Gasteiger partial charge >= 0.3 is 0 Å². The lowest BCUT2D eigenvalue weighted by Gasteiger charge is -2.26. The molecule has 1 N–H and O–H groups in total. The lowest BCUT2D eigenvalue weighted by Crippen LogP contribution is -2.42. The molecule has 0 atom stereocenters. The van der Waals surface area contributed by atoms with Crippen molar-refractivity contribution in [2.45, 2.75) is 46.6 Å². The third-order valence-electron chi connectivity index (χ3n) is 2.25. The summed E-state index contributed by atoms with van der Waals surface area (Å²) in [5.74, 6) is 0.660. The van der Waals surface area contributed by atoms with E-state index < -0.39 is 0 Å². The van der Waals surface area contributed by atoms with Crippen molar-refractivity contribution in [3.8, 4) is 6.07 Å². The molecule has 0 saturated carbocycles. The highest BCUT2D eigenvalue weighted by molar-refractivity contribution is 4.75. The molecule has 0 aromatic carbocycles. The van der Waals surface area contributed by atoms with Crippen LogP contribution in [0, 0.1) is 17.2 Å². The fraction of sp³-hybridized carbons (Fsp3) is 0.923. The average Bonchev–Trinajstić information content (AvgIpc) is 2.11. The van der Waals surface area contributed by atoms with Crippen LogP contribution in [0.3, 0.4) is 0 Å². The molecule has 0 radical (unpaired) electrons. The first-order valence-corrected chi connectivity index (χ1v) is 6.19. The number of rotatable bonds is 7. The Kier molecular flexibility index (Phi) is 7.36. The first-order chi connectivity index (χ1) is 7.35. The third kappa shape index (κ3) is 9.95. The van der Waals surface area contributed by atoms with Crippen LogP contribution in [-0.2, 0) is 0 Å². The van der Waals surface area contributed by atoms with E-state index in [2.05, 4.69) is 50.9 Å². The Morgan fingerprint density at radius 3 is 2.31 bits per heavy atom. The molecule has 0 fully saturated rings. The van der Waals surface area contributed by atoms with E-state index in [9.17, 15) is 0 Å². The predicted molar refractivity (Wildman–Crippen MR) is 69.3 cm³/mol. The topological polar surface area (TPSA) is 39.1 Å². The summed E-state index contributed by atoms with van der Waals surface area (Å²) in [4.78, 5) is 2.37. The van der Waals surface area contributed by atoms with Crippen molar-refractivity contribution in [2.24, 2.45) is 5.92 Å². The highest BCUT2D eigenvalue weighted by Crippen LogP contribution is 2.01. The molecule has 16 heavy (non-hydrogen) atoms. The molecule has 0 aliphatic rings. The minimum atomic E-state index is 0.179. The lowest BCUT2D eigenvalue weighted by molar-refractivity contribution is 0.240. The summed E-state index contributed by atoms with van der Waals surface area (Å²) in [6.45, 7) is 14.9. The van der Waals surface area contributed by atoms with Crippen LogP contribution < -0.4 is 5.32 Å². The maximum atomic E-state index is 8.61. The van der Waals surface area contributed by atoms with Gasteiger partial charge in [0.25, 0.3) is 0 Å². The summed E-state index contributed by atoms with van der Waals surface area (Å²) in [5.41, 5.74) is 0.179. The van der Waals surface area contributed by atoms with Crippen molar-refractivity contribution >= 4 is 0 Å². The Bertz CT molecular complexity index is 210. The number of nitrogens with zero attached hydrogens (tertiary/aromatic N) is 2. The Morgan fingerprint density at radius 2 is 1.88 bits per heavy atom. The SMILES string of the molecule is CC(C)CN(CCC#N)CCNC(C)(C)C. The summed E-state index contributed by atoms with van der Waals surface area (Å²) < 4.78 is 0. The first kappa shape index (κ1) is 15.4. The molecule has 0 bridgehead atoms. The molecule has 0 heterocycles. The molecule has 0 aromatic rings. The molecule has 0 amide bonds. The summed E-state index contributed by atoms with van der Waals surface area (Å²) in [7, 11) is 0. The van der Waals surface area contributed by atoms with Crippen molar-refractivity contribution in [3.63, 3.8) is 0 Å². The third-order valence-corrected chi connectivity index (χ3v) is 2.25. The van der Waals surface area contributed by atoms with Crippen LogP contribution in [0.2, 0.25) is 0 Å². The maximum Gasteiger partial charge on any atom is 0.0635 e. The smallest absolute Gasteiger partial charge is 0.0635 e. The van der Waals surface area contributed by atoms with Crippen molar-refractivity contribution in [3.05, 3.63) is 0 Å². The minimum Gasteiger partial charge on any atom is -0.311 e. The molecule has 3 nitrogen and oxygen atoms in total. The molecular weight excluding hydrogens is 198 g/mol. The van der Waals surface area contributed by atoms with Crippen molar-refractivity contribution in [1.29, 1.82) is 5.26 Å². The molecule has 0 saturated heterocycles. The molecular formula is C13H27N3. The highest BCUT2D eigenvalue weighted by Gasteiger charge is 2.10. The number of nitrogens with one attached hydrogen (secondary N) is 1. The van der Waals surface area contributed by atoms with Gasteiger partial charge in [0.15, 0.2) is 0 Å². The van der Waals surface area contributed by atoms with Crippen molar-refractivity contribution in [1.82, 2.24) is 10.2 Å². The second-order valence-electron chi connectivity index (χ2n) is 5.78. The number of hydrogen-bond acceptors (Lipinski definition) is 3. The second-order valence-corrected chi connectivity index (χ2v) is 5.78. The van der Waals surface area contributed by atoms with Gasteiger partial charge in [-0.25, -0.2) is 0 Å². The average molecular weight is 225 g/mol. The van der Waals surface area contributed by atoms with Gasteiger partial charge < -0.3 is 10.2 Å². The van der Waals surface area contributed by atoms with Crippen LogP contribution in [0.1, 0.15) is 41.0 Å². The Morgan fingerprint density at radius 1 is 1.25 bits per heavy atom. The molecule has 94 valence electrons. The van der Waals surface area contributed by atoms with E-state index in [4.69, 9.17) is 5.26 Å². The van der Waals surface area contributed by atoms with E-state index in [1.165, 1.54) is 0 Å². The highest BCUT2D eigenvalue weighted by atomic mass is 15.1. The zero-order valence-corrected chi connectivity index (χ0v) is 11.5. The minimum absolute atomic E-state index is 0.179. The Hall–Kier alpha value is -0.590. The summed E-state index contributed by atoms with van der Waals surface area (Å²) in [5, 5.41) is 12.1. The zero-order valence-electron chi connectivity index (χ0n) is 11.5. The molecule has 0 spiro atoms. The quantitative estimate of drug-likeness (QED) is 0.722. The van der Waals surface area contributed by atoms with Crippen LogP contribution in [-0.4, -0.2) is 36.6 Å². The van der Waals surface area contributed by atoms with Gasteiger partial charge in [-0.15, -0.1) is 0 Å². The van der Waals surface area contributed by atoms with Crippen LogP contribution >= 0.6 is 0 Å². The van der Waals surface area contributed by atoms with Crippen molar-refractivity contribution in [2.75, 3.05) is 26.2 Å². The molecule has 0 rings (SSSR count). The van der Waals surface area contributed by atoms with E-state index in [1.807, 2.05) is 0 Å². The van der Waals surface area contributed by atoms with Crippen LogP contribution in [0.5, 0.6) is 0 Å². The summed E-state index contributed by atoms with van der Waals surface area (Å²) in [6.07, 6.45) is 0.627. The van der Waals surface area contributed by atoms with Crippen LogP contribution in [0.25, 0.3) is 0 Å². The monoisotopic (exact) mass is 225 g/mol. The second kappa shape index (κ2) is 7.65. The molecule has 0 aromatic heterocycles. The predicted octanol–water partition coefficient (Wildman–Crippen LogP) is 2.25. The first-order valence-electron chi connectivity index (χ1n) is 6.19. The van der Waals surface area contributed by atoms with Gasteiger partial charge in [-0.2, -0.15) is 5.26 Å². The van der Waals surface area contributed by atoms with Gasteiger partial charge in [-0.05, 0) is 26.7 Å². The lowest BCUT2D eigenvalue weighted by atomic mass is 10.1. The van der Waals surface area contributed by atoms with Gasteiger partial charge in [-0.1, -0.05) is 13.8 Å². The normalized spacial score (nSPS) is 12.1. The molecule has 3 heteroatoms. The van der Waals surface area contributed by atoms with E-state index in [1.54, 1.807) is 0 Å². The molecule has 0 aliphatic carbocycles. The summed E-state index contributed by atoms with van der Waals surface area (Å²) in [6, 6.07) is 2.22. The standard InChI is InChI=1S/C13H27N3/c1-12(2)11-16(9-6-7-14)10-8-15-13(3,4)5/h12,15H,6,8-11H2,1-5H3. The van der Waals surface area contributed by atoms with Gasteiger partial charge in [0.1, 0.15) is 0 Å². The maximum absolute atomic E-state index is 8.61. The summed E-state index contributed by atoms with van der Waals surface area (Å²) >= 11 is 0. The van der Waals surface area contributed by atoms with Crippen molar-refractivity contribution < 1.29 is 0 Å². The van der Waals surface area contributed by atoms with E-state index in [-0.39, 0.29) is 5.54 Å². The van der Waals surface area contributed by atoms with Crippen LogP contribution in [0.4, 0.5) is 0 Å². The Labute approximate surface area is 101 Å². The van der Waals surface area contributed by atoms with Crippen LogP contribution in [0.15, 0.2) is 0 Å². The molecule has 0 aliphatic heterocycles. The van der Waals surface area contributed by atoms with E-state index >= 15 is 0 Å². The van der Waals surface area contributed by atoms with Gasteiger partial charge in [0.2, 0.25) is 0 Å². The Balaban J connectivity index is 3.87. The zero-order chi connectivity index (χ0) is 12.6. The van der Waals surface area contributed by atoms with Gasteiger partial charge in [-0.3, -0.25) is 0 Å². The van der Waals surface area contributed by atoms with Gasteiger partial charge in [0, 0.05) is 38.1 Å². The number of nitriles is 1. The van der Waals surface area contributed by atoms with E-state index in [0.29, 0.717) is 12.3 Å².